The molecule has 0 fully saturated rings. The van der Waals surface area contributed by atoms with Crippen LogP contribution in [0.15, 0.2) is 12.2 Å². The number of allylic oxidation sites excluding steroid dienone is 1. The van der Waals surface area contributed by atoms with Crippen molar-refractivity contribution in [3.8, 4) is 0 Å². The molecule has 62 valence electrons. The highest BCUT2D eigenvalue weighted by atomic mass is 79.9. The van der Waals surface area contributed by atoms with Crippen LogP contribution in [0, 0.1) is 0 Å². The Labute approximate surface area is 75.2 Å². The van der Waals surface area contributed by atoms with Gasteiger partial charge < -0.3 is 5.32 Å². The van der Waals surface area contributed by atoms with Crippen molar-refractivity contribution in [2.24, 2.45) is 0 Å². The van der Waals surface area contributed by atoms with Crippen molar-refractivity contribution in [2.75, 3.05) is 0 Å². The molecule has 2 nitrogen and oxygen atoms in total. The highest BCUT2D eigenvalue weighted by molar-refractivity contribution is 9.09. The number of hydrogen-bond donors (Lipinski definition) is 1. The minimum Gasteiger partial charge on any atom is -0.352 e. The van der Waals surface area contributed by atoms with E-state index < -0.39 is 0 Å². The second kappa shape index (κ2) is 3.90. The lowest BCUT2D eigenvalue weighted by Crippen LogP contribution is -2.40. The predicted octanol–water partition coefficient (Wildman–Crippen LogP) is 1.60. The Kier molecular flexibility index (Phi) is 3.12. The van der Waals surface area contributed by atoms with Crippen molar-refractivity contribution in [3.05, 3.63) is 12.2 Å². The SMILES string of the molecule is CC(=O)N[C@H]1CC=CC[C@@H]1Br. The average Bonchev–Trinajstić information content (AvgIpc) is 1.93. The molecular formula is C8H12BrNO. The first-order chi connectivity index (χ1) is 5.20. The van der Waals surface area contributed by atoms with Crippen LogP contribution in [-0.2, 0) is 4.79 Å². The summed E-state index contributed by atoms with van der Waals surface area (Å²) in [5.41, 5.74) is 0. The molecule has 0 aromatic carbocycles. The van der Waals surface area contributed by atoms with E-state index in [-0.39, 0.29) is 11.9 Å². The molecular weight excluding hydrogens is 206 g/mol. The Hall–Kier alpha value is -0.310. The van der Waals surface area contributed by atoms with E-state index in [4.69, 9.17) is 0 Å². The third-order valence-electron chi connectivity index (χ3n) is 1.74. The van der Waals surface area contributed by atoms with E-state index in [1.165, 1.54) is 0 Å². The van der Waals surface area contributed by atoms with Gasteiger partial charge in [0.05, 0.1) is 0 Å². The van der Waals surface area contributed by atoms with Crippen molar-refractivity contribution in [1.82, 2.24) is 5.32 Å². The van der Waals surface area contributed by atoms with E-state index >= 15 is 0 Å². The molecule has 1 aliphatic carbocycles. The maximum atomic E-state index is 10.7. The van der Waals surface area contributed by atoms with E-state index in [9.17, 15) is 4.79 Å². The number of halogens is 1. The van der Waals surface area contributed by atoms with Gasteiger partial charge in [0.25, 0.3) is 0 Å². The van der Waals surface area contributed by atoms with E-state index in [1.54, 1.807) is 6.92 Å². The van der Waals surface area contributed by atoms with Crippen molar-refractivity contribution in [3.63, 3.8) is 0 Å². The molecule has 0 aliphatic heterocycles. The quantitative estimate of drug-likeness (QED) is 0.525. The van der Waals surface area contributed by atoms with Crippen LogP contribution in [0.25, 0.3) is 0 Å². The molecule has 1 rings (SSSR count). The van der Waals surface area contributed by atoms with Gasteiger partial charge in [-0.05, 0) is 12.8 Å². The van der Waals surface area contributed by atoms with Gasteiger partial charge in [0, 0.05) is 17.8 Å². The van der Waals surface area contributed by atoms with Gasteiger partial charge in [-0.1, -0.05) is 28.1 Å². The van der Waals surface area contributed by atoms with Crippen molar-refractivity contribution < 1.29 is 4.79 Å². The van der Waals surface area contributed by atoms with Crippen LogP contribution in [0.3, 0.4) is 0 Å². The minimum absolute atomic E-state index is 0.0507. The molecule has 3 heteroatoms. The van der Waals surface area contributed by atoms with Gasteiger partial charge in [0.15, 0.2) is 0 Å². The highest BCUT2D eigenvalue weighted by Gasteiger charge is 2.19. The summed E-state index contributed by atoms with van der Waals surface area (Å²) in [5, 5.41) is 2.89. The zero-order chi connectivity index (χ0) is 8.27. The Morgan fingerprint density at radius 1 is 1.55 bits per heavy atom. The number of alkyl halides is 1. The number of carbonyl (C=O) groups excluding carboxylic acids is 1. The Morgan fingerprint density at radius 2 is 2.18 bits per heavy atom. The molecule has 0 saturated heterocycles. The summed E-state index contributed by atoms with van der Waals surface area (Å²) in [5.74, 6) is 0.0507. The monoisotopic (exact) mass is 217 g/mol. The number of amides is 1. The maximum absolute atomic E-state index is 10.7. The molecule has 0 radical (unpaired) electrons. The summed E-state index contributed by atoms with van der Waals surface area (Å²) in [6.45, 7) is 1.55. The summed E-state index contributed by atoms with van der Waals surface area (Å²) in [6, 6.07) is 0.275. The fourth-order valence-electron chi connectivity index (χ4n) is 1.19. The maximum Gasteiger partial charge on any atom is 0.217 e. The predicted molar refractivity (Wildman–Crippen MR) is 48.7 cm³/mol. The molecule has 1 N–H and O–H groups in total. The molecule has 0 unspecified atom stereocenters. The zero-order valence-electron chi connectivity index (χ0n) is 6.51. The van der Waals surface area contributed by atoms with Gasteiger partial charge in [-0.3, -0.25) is 4.79 Å². The lowest BCUT2D eigenvalue weighted by molar-refractivity contribution is -0.119. The average molecular weight is 218 g/mol. The van der Waals surface area contributed by atoms with Crippen LogP contribution in [-0.4, -0.2) is 16.8 Å². The number of rotatable bonds is 1. The molecule has 0 heterocycles. The van der Waals surface area contributed by atoms with E-state index in [0.717, 1.165) is 12.8 Å². The summed E-state index contributed by atoms with van der Waals surface area (Å²) < 4.78 is 0. The number of nitrogens with one attached hydrogen (secondary N) is 1. The van der Waals surface area contributed by atoms with Gasteiger partial charge in [0.1, 0.15) is 0 Å². The van der Waals surface area contributed by atoms with E-state index in [2.05, 4.69) is 33.4 Å². The summed E-state index contributed by atoms with van der Waals surface area (Å²) in [7, 11) is 0. The van der Waals surface area contributed by atoms with Crippen LogP contribution < -0.4 is 5.32 Å². The van der Waals surface area contributed by atoms with Gasteiger partial charge in [0.2, 0.25) is 5.91 Å². The molecule has 0 bridgehead atoms. The first kappa shape index (κ1) is 8.78. The summed E-state index contributed by atoms with van der Waals surface area (Å²) in [6.07, 6.45) is 6.19. The van der Waals surface area contributed by atoms with Gasteiger partial charge in [-0.15, -0.1) is 0 Å². The second-order valence-electron chi connectivity index (χ2n) is 2.77. The second-order valence-corrected chi connectivity index (χ2v) is 3.94. The third kappa shape index (κ3) is 2.66. The molecule has 0 aromatic heterocycles. The standard InChI is InChI=1S/C8H12BrNO/c1-6(11)10-8-5-3-2-4-7(8)9/h2-3,7-8H,4-5H2,1H3,(H,10,11)/t7-,8-/m0/s1. The molecule has 1 amide bonds. The topological polar surface area (TPSA) is 29.1 Å². The van der Waals surface area contributed by atoms with Crippen LogP contribution in [0.2, 0.25) is 0 Å². The van der Waals surface area contributed by atoms with Crippen LogP contribution >= 0.6 is 15.9 Å². The number of carbonyl (C=O) groups is 1. The highest BCUT2D eigenvalue weighted by Crippen LogP contribution is 2.19. The normalized spacial score (nSPS) is 30.0. The van der Waals surface area contributed by atoms with Gasteiger partial charge >= 0.3 is 0 Å². The first-order valence-electron chi connectivity index (χ1n) is 3.76. The summed E-state index contributed by atoms with van der Waals surface area (Å²) >= 11 is 3.52. The molecule has 0 spiro atoms. The molecule has 1 aliphatic rings. The number of hydrogen-bond acceptors (Lipinski definition) is 1. The molecule has 11 heavy (non-hydrogen) atoms. The molecule has 2 atom stereocenters. The van der Waals surface area contributed by atoms with Crippen molar-refractivity contribution in [1.29, 1.82) is 0 Å². The van der Waals surface area contributed by atoms with Crippen molar-refractivity contribution in [2.45, 2.75) is 30.6 Å². The van der Waals surface area contributed by atoms with Crippen LogP contribution in [0.5, 0.6) is 0 Å². The Balaban J connectivity index is 2.44. The summed E-state index contributed by atoms with van der Waals surface area (Å²) in [4.78, 5) is 11.1. The van der Waals surface area contributed by atoms with Gasteiger partial charge in [-0.25, -0.2) is 0 Å². The van der Waals surface area contributed by atoms with Crippen LogP contribution in [0.1, 0.15) is 19.8 Å². The third-order valence-corrected chi connectivity index (χ3v) is 2.76. The minimum atomic E-state index is 0.0507. The zero-order valence-corrected chi connectivity index (χ0v) is 8.10. The van der Waals surface area contributed by atoms with Gasteiger partial charge in [-0.2, -0.15) is 0 Å². The smallest absolute Gasteiger partial charge is 0.217 e. The first-order valence-corrected chi connectivity index (χ1v) is 4.68. The molecule has 0 aromatic rings. The van der Waals surface area contributed by atoms with E-state index in [1.807, 2.05) is 0 Å². The largest absolute Gasteiger partial charge is 0.352 e. The Bertz CT molecular complexity index is 179. The Morgan fingerprint density at radius 3 is 2.73 bits per heavy atom. The lowest BCUT2D eigenvalue weighted by Gasteiger charge is -2.24. The lowest BCUT2D eigenvalue weighted by atomic mass is 10.0. The molecule has 0 saturated carbocycles. The van der Waals surface area contributed by atoms with Crippen molar-refractivity contribution >= 4 is 21.8 Å². The van der Waals surface area contributed by atoms with E-state index in [0.29, 0.717) is 4.83 Å². The fourth-order valence-corrected chi connectivity index (χ4v) is 1.76. The van der Waals surface area contributed by atoms with Crippen LogP contribution in [0.4, 0.5) is 0 Å². The fraction of sp³-hybridized carbons (Fsp3) is 0.625.